The van der Waals surface area contributed by atoms with Crippen molar-refractivity contribution in [1.29, 1.82) is 0 Å². The highest BCUT2D eigenvalue weighted by Gasteiger charge is 2.10. The highest BCUT2D eigenvalue weighted by Crippen LogP contribution is 2.28. The summed E-state index contributed by atoms with van der Waals surface area (Å²) in [5.41, 5.74) is 3.15. The smallest absolute Gasteiger partial charge is 0.343 e. The highest BCUT2D eigenvalue weighted by molar-refractivity contribution is 6.30. The molecule has 0 spiro atoms. The Bertz CT molecular complexity index is 870. The Morgan fingerprint density at radius 3 is 2.74 bits per heavy atom. The number of methoxy groups -OCH3 is 1. The van der Waals surface area contributed by atoms with Gasteiger partial charge >= 0.3 is 5.97 Å². The van der Waals surface area contributed by atoms with Gasteiger partial charge in [-0.3, -0.25) is 0 Å². The number of carbonyl (C=O) groups excluding carboxylic acids is 1. The summed E-state index contributed by atoms with van der Waals surface area (Å²) in [4.78, 5) is 11.2. The summed E-state index contributed by atoms with van der Waals surface area (Å²) in [6, 6.07) is 15.5. The number of carbonyl (C=O) groups is 1. The standard InChI is InChI=1S/C18H16ClNO3/c1-12-8-13-9-16(23-11-18(21)22-2)6-7-17(13)20(12)15-5-3-4-14(19)10-15/h3-10H,11H2,1-2H3. The van der Waals surface area contributed by atoms with Crippen LogP contribution in [0.3, 0.4) is 0 Å². The van der Waals surface area contributed by atoms with Gasteiger partial charge in [-0.15, -0.1) is 0 Å². The molecule has 0 aliphatic rings. The maximum atomic E-state index is 11.2. The number of hydrogen-bond acceptors (Lipinski definition) is 3. The molecule has 5 heteroatoms. The molecule has 0 N–H and O–H groups in total. The minimum absolute atomic E-state index is 0.101. The number of rotatable bonds is 4. The normalized spacial score (nSPS) is 10.7. The fraction of sp³-hybridized carbons (Fsp3) is 0.167. The fourth-order valence-corrected chi connectivity index (χ4v) is 2.76. The SMILES string of the molecule is COC(=O)COc1ccc2c(c1)cc(C)n2-c1cccc(Cl)c1. The first-order chi connectivity index (χ1) is 11.1. The minimum atomic E-state index is -0.405. The van der Waals surface area contributed by atoms with Crippen molar-refractivity contribution in [3.8, 4) is 11.4 Å². The first-order valence-corrected chi connectivity index (χ1v) is 7.54. The van der Waals surface area contributed by atoms with Gasteiger partial charge in [0.05, 0.1) is 12.6 Å². The number of fused-ring (bicyclic) bond motifs is 1. The zero-order valence-electron chi connectivity index (χ0n) is 12.9. The number of esters is 1. The van der Waals surface area contributed by atoms with E-state index in [9.17, 15) is 4.79 Å². The van der Waals surface area contributed by atoms with Gasteiger partial charge in [-0.2, -0.15) is 0 Å². The molecule has 0 aliphatic heterocycles. The number of halogens is 1. The van der Waals surface area contributed by atoms with Crippen LogP contribution in [0.2, 0.25) is 5.02 Å². The molecule has 2 aromatic carbocycles. The maximum absolute atomic E-state index is 11.2. The lowest BCUT2D eigenvalue weighted by Gasteiger charge is -2.09. The van der Waals surface area contributed by atoms with Gasteiger partial charge in [0, 0.05) is 21.8 Å². The highest BCUT2D eigenvalue weighted by atomic mass is 35.5. The second-order valence-corrected chi connectivity index (χ2v) is 5.62. The summed E-state index contributed by atoms with van der Waals surface area (Å²) < 4.78 is 12.1. The van der Waals surface area contributed by atoms with Crippen molar-refractivity contribution in [3.05, 3.63) is 59.2 Å². The molecule has 0 saturated carbocycles. The summed E-state index contributed by atoms with van der Waals surface area (Å²) in [6.45, 7) is 1.94. The van der Waals surface area contributed by atoms with Gasteiger partial charge in [0.25, 0.3) is 0 Å². The van der Waals surface area contributed by atoms with Gasteiger partial charge in [0.2, 0.25) is 0 Å². The van der Waals surface area contributed by atoms with Crippen LogP contribution in [0.4, 0.5) is 0 Å². The molecule has 1 aromatic heterocycles. The third-order valence-corrected chi connectivity index (χ3v) is 3.84. The summed E-state index contributed by atoms with van der Waals surface area (Å²) in [7, 11) is 1.34. The van der Waals surface area contributed by atoms with Crippen LogP contribution in [0.15, 0.2) is 48.5 Å². The summed E-state index contributed by atoms with van der Waals surface area (Å²) >= 11 is 6.10. The molecule has 3 aromatic rings. The quantitative estimate of drug-likeness (QED) is 0.675. The van der Waals surface area contributed by atoms with Crippen molar-refractivity contribution in [3.63, 3.8) is 0 Å². The Kier molecular flexibility index (Phi) is 4.26. The summed E-state index contributed by atoms with van der Waals surface area (Å²) in [6.07, 6.45) is 0. The Labute approximate surface area is 139 Å². The average molecular weight is 330 g/mol. The van der Waals surface area contributed by atoms with Crippen molar-refractivity contribution in [1.82, 2.24) is 4.57 Å². The number of hydrogen-bond donors (Lipinski definition) is 0. The van der Waals surface area contributed by atoms with Crippen LogP contribution in [0.25, 0.3) is 16.6 Å². The predicted molar refractivity (Wildman–Crippen MR) is 90.5 cm³/mol. The van der Waals surface area contributed by atoms with E-state index in [1.54, 1.807) is 0 Å². The maximum Gasteiger partial charge on any atom is 0.343 e. The van der Waals surface area contributed by atoms with Crippen LogP contribution in [0.5, 0.6) is 5.75 Å². The minimum Gasteiger partial charge on any atom is -0.482 e. The van der Waals surface area contributed by atoms with E-state index in [1.807, 2.05) is 49.4 Å². The zero-order chi connectivity index (χ0) is 16.4. The Balaban J connectivity index is 1.98. The molecule has 1 heterocycles. The molecule has 0 unspecified atom stereocenters. The Morgan fingerprint density at radius 2 is 2.00 bits per heavy atom. The molecule has 118 valence electrons. The number of aromatic nitrogens is 1. The lowest BCUT2D eigenvalue weighted by atomic mass is 10.2. The third kappa shape index (κ3) is 3.17. The van der Waals surface area contributed by atoms with Crippen LogP contribution in [-0.4, -0.2) is 24.3 Å². The molecule has 3 rings (SSSR count). The molecule has 0 radical (unpaired) electrons. The van der Waals surface area contributed by atoms with E-state index in [0.29, 0.717) is 10.8 Å². The van der Waals surface area contributed by atoms with Crippen LogP contribution in [-0.2, 0) is 9.53 Å². The van der Waals surface area contributed by atoms with Crippen LogP contribution < -0.4 is 4.74 Å². The van der Waals surface area contributed by atoms with Gasteiger partial charge in [-0.05, 0) is 49.4 Å². The van der Waals surface area contributed by atoms with Gasteiger partial charge in [-0.25, -0.2) is 4.79 Å². The second-order valence-electron chi connectivity index (χ2n) is 5.19. The third-order valence-electron chi connectivity index (χ3n) is 3.61. The summed E-state index contributed by atoms with van der Waals surface area (Å²) in [5.74, 6) is 0.226. The molecule has 0 bridgehead atoms. The summed E-state index contributed by atoms with van der Waals surface area (Å²) in [5, 5.41) is 1.73. The second kappa shape index (κ2) is 6.34. The lowest BCUT2D eigenvalue weighted by molar-refractivity contribution is -0.142. The van der Waals surface area contributed by atoms with Crippen molar-refractivity contribution in [2.24, 2.45) is 0 Å². The molecule has 0 amide bonds. The molecular formula is C18H16ClNO3. The van der Waals surface area contributed by atoms with Gasteiger partial charge in [0.15, 0.2) is 6.61 Å². The van der Waals surface area contributed by atoms with E-state index in [2.05, 4.69) is 15.4 Å². The first kappa shape index (κ1) is 15.4. The molecule has 0 aliphatic carbocycles. The van der Waals surface area contributed by atoms with E-state index >= 15 is 0 Å². The predicted octanol–water partition coefficient (Wildman–Crippen LogP) is 4.14. The lowest BCUT2D eigenvalue weighted by Crippen LogP contribution is -2.12. The van der Waals surface area contributed by atoms with E-state index < -0.39 is 5.97 Å². The average Bonchev–Trinajstić information content (AvgIpc) is 2.87. The van der Waals surface area contributed by atoms with Crippen LogP contribution >= 0.6 is 11.6 Å². The van der Waals surface area contributed by atoms with Gasteiger partial charge in [0.1, 0.15) is 5.75 Å². The van der Waals surface area contributed by atoms with Crippen molar-refractivity contribution in [2.75, 3.05) is 13.7 Å². The fourth-order valence-electron chi connectivity index (χ4n) is 2.58. The first-order valence-electron chi connectivity index (χ1n) is 7.16. The molecule has 0 fully saturated rings. The number of aryl methyl sites for hydroxylation is 1. The topological polar surface area (TPSA) is 40.5 Å². The Morgan fingerprint density at radius 1 is 1.17 bits per heavy atom. The molecule has 0 saturated heterocycles. The van der Waals surface area contributed by atoms with E-state index in [0.717, 1.165) is 22.3 Å². The van der Waals surface area contributed by atoms with Gasteiger partial charge < -0.3 is 14.0 Å². The van der Waals surface area contributed by atoms with Gasteiger partial charge in [-0.1, -0.05) is 17.7 Å². The molecule has 23 heavy (non-hydrogen) atoms. The molecule has 4 nitrogen and oxygen atoms in total. The monoisotopic (exact) mass is 329 g/mol. The number of benzene rings is 2. The largest absolute Gasteiger partial charge is 0.482 e. The number of ether oxygens (including phenoxy) is 2. The Hall–Kier alpha value is -2.46. The van der Waals surface area contributed by atoms with Crippen LogP contribution in [0, 0.1) is 6.92 Å². The molecular weight excluding hydrogens is 314 g/mol. The van der Waals surface area contributed by atoms with Crippen molar-refractivity contribution < 1.29 is 14.3 Å². The van der Waals surface area contributed by atoms with E-state index in [4.69, 9.17) is 16.3 Å². The van der Waals surface area contributed by atoms with Crippen molar-refractivity contribution >= 4 is 28.5 Å². The molecule has 0 atom stereocenters. The van der Waals surface area contributed by atoms with E-state index in [1.165, 1.54) is 7.11 Å². The van der Waals surface area contributed by atoms with Crippen molar-refractivity contribution in [2.45, 2.75) is 6.92 Å². The zero-order valence-corrected chi connectivity index (χ0v) is 13.6. The van der Waals surface area contributed by atoms with Crippen LogP contribution in [0.1, 0.15) is 5.69 Å². The number of nitrogens with zero attached hydrogens (tertiary/aromatic N) is 1. The van der Waals surface area contributed by atoms with E-state index in [-0.39, 0.29) is 6.61 Å².